The molecule has 1 saturated heterocycles. The Labute approximate surface area is 152 Å². The zero-order chi connectivity index (χ0) is 18.0. The van der Waals surface area contributed by atoms with Gasteiger partial charge in [0.05, 0.1) is 17.3 Å². The zero-order valence-corrected chi connectivity index (χ0v) is 15.7. The van der Waals surface area contributed by atoms with E-state index in [0.29, 0.717) is 24.8 Å². The Hall–Kier alpha value is -1.47. The molecule has 1 aromatic heterocycles. The SMILES string of the molecule is CC(=O)N1C[C@H](O)C[C@H]1C(=O)NC[C@H]1CC[C@H](c2scnc2C)CC1. The van der Waals surface area contributed by atoms with Crippen molar-refractivity contribution in [1.82, 2.24) is 15.2 Å². The van der Waals surface area contributed by atoms with Gasteiger partial charge in [0.1, 0.15) is 6.04 Å². The number of aliphatic hydroxyl groups is 1. The average molecular weight is 365 g/mol. The summed E-state index contributed by atoms with van der Waals surface area (Å²) < 4.78 is 0. The van der Waals surface area contributed by atoms with Crippen molar-refractivity contribution in [2.24, 2.45) is 5.92 Å². The van der Waals surface area contributed by atoms with Crippen LogP contribution in [0.2, 0.25) is 0 Å². The minimum Gasteiger partial charge on any atom is -0.391 e. The Kier molecular flexibility index (Phi) is 5.74. The largest absolute Gasteiger partial charge is 0.391 e. The first kappa shape index (κ1) is 18.3. The maximum Gasteiger partial charge on any atom is 0.242 e. The van der Waals surface area contributed by atoms with Crippen LogP contribution in [-0.4, -0.2) is 52.0 Å². The van der Waals surface area contributed by atoms with E-state index in [1.165, 1.54) is 16.7 Å². The van der Waals surface area contributed by atoms with Crippen LogP contribution >= 0.6 is 11.3 Å². The van der Waals surface area contributed by atoms with E-state index in [0.717, 1.165) is 31.4 Å². The molecule has 138 valence electrons. The van der Waals surface area contributed by atoms with Crippen LogP contribution in [0, 0.1) is 12.8 Å². The summed E-state index contributed by atoms with van der Waals surface area (Å²) in [5.41, 5.74) is 3.08. The molecule has 1 aliphatic carbocycles. The topological polar surface area (TPSA) is 82.5 Å². The van der Waals surface area contributed by atoms with Crippen LogP contribution in [-0.2, 0) is 9.59 Å². The number of aromatic nitrogens is 1. The third-order valence-electron chi connectivity index (χ3n) is 5.55. The molecule has 0 unspecified atom stereocenters. The van der Waals surface area contributed by atoms with Crippen LogP contribution in [0.25, 0.3) is 0 Å². The van der Waals surface area contributed by atoms with Gasteiger partial charge < -0.3 is 15.3 Å². The molecule has 0 aromatic carbocycles. The van der Waals surface area contributed by atoms with Crippen molar-refractivity contribution in [1.29, 1.82) is 0 Å². The molecular weight excluding hydrogens is 338 g/mol. The van der Waals surface area contributed by atoms with Gasteiger partial charge in [-0.05, 0) is 44.4 Å². The molecule has 7 heteroatoms. The molecule has 0 radical (unpaired) electrons. The molecule has 3 rings (SSSR count). The van der Waals surface area contributed by atoms with Crippen LogP contribution in [0.15, 0.2) is 5.51 Å². The van der Waals surface area contributed by atoms with Crippen LogP contribution in [0.5, 0.6) is 0 Å². The quantitative estimate of drug-likeness (QED) is 0.853. The lowest BCUT2D eigenvalue weighted by Gasteiger charge is -2.29. The molecule has 0 bridgehead atoms. The van der Waals surface area contributed by atoms with Crippen LogP contribution in [0.1, 0.15) is 55.5 Å². The van der Waals surface area contributed by atoms with Crippen molar-refractivity contribution in [3.05, 3.63) is 16.1 Å². The number of carbonyl (C=O) groups excluding carboxylic acids is 2. The zero-order valence-electron chi connectivity index (χ0n) is 14.9. The first-order valence-corrected chi connectivity index (χ1v) is 9.96. The Morgan fingerprint density at radius 3 is 2.68 bits per heavy atom. The average Bonchev–Trinajstić information content (AvgIpc) is 3.19. The predicted octanol–water partition coefficient (Wildman–Crippen LogP) is 1.82. The molecule has 2 fully saturated rings. The standard InChI is InChI=1S/C18H27N3O3S/c1-11-17(25-10-20-11)14-5-3-13(4-6-14)8-19-18(24)16-7-15(23)9-21(16)12(2)22/h10,13-16,23H,3-9H2,1-2H3,(H,19,24)/t13-,14-,15-,16+/m1/s1. The third kappa shape index (κ3) is 4.20. The number of amides is 2. The monoisotopic (exact) mass is 365 g/mol. The first-order valence-electron chi connectivity index (χ1n) is 9.08. The normalized spacial score (nSPS) is 29.6. The van der Waals surface area contributed by atoms with Gasteiger partial charge in [-0.2, -0.15) is 0 Å². The molecule has 6 nitrogen and oxygen atoms in total. The summed E-state index contributed by atoms with van der Waals surface area (Å²) in [5, 5.41) is 12.8. The number of rotatable bonds is 4. The number of aliphatic hydroxyl groups excluding tert-OH is 1. The van der Waals surface area contributed by atoms with E-state index in [-0.39, 0.29) is 18.4 Å². The summed E-state index contributed by atoms with van der Waals surface area (Å²) in [5.74, 6) is 0.812. The summed E-state index contributed by atoms with van der Waals surface area (Å²) in [4.78, 5) is 31.3. The number of β-amino-alcohol motifs (C(OH)–C–C–N with tert-alkyl or cyclic N) is 1. The van der Waals surface area contributed by atoms with Gasteiger partial charge >= 0.3 is 0 Å². The van der Waals surface area contributed by atoms with Crippen LogP contribution < -0.4 is 5.32 Å². The number of nitrogens with one attached hydrogen (secondary N) is 1. The van der Waals surface area contributed by atoms with Gasteiger partial charge in [-0.15, -0.1) is 11.3 Å². The van der Waals surface area contributed by atoms with Gasteiger partial charge in [-0.25, -0.2) is 4.98 Å². The highest BCUT2D eigenvalue weighted by Crippen LogP contribution is 2.38. The van der Waals surface area contributed by atoms with Crippen molar-refractivity contribution in [3.8, 4) is 0 Å². The maximum atomic E-state index is 12.4. The summed E-state index contributed by atoms with van der Waals surface area (Å²) in [6.07, 6.45) is 4.23. The van der Waals surface area contributed by atoms with Crippen molar-refractivity contribution in [2.45, 2.75) is 64.0 Å². The van der Waals surface area contributed by atoms with Gasteiger partial charge in [0.2, 0.25) is 11.8 Å². The number of hydrogen-bond donors (Lipinski definition) is 2. The molecule has 2 N–H and O–H groups in total. The van der Waals surface area contributed by atoms with E-state index in [2.05, 4.69) is 17.2 Å². The van der Waals surface area contributed by atoms with Gasteiger partial charge in [0.25, 0.3) is 0 Å². The molecule has 2 atom stereocenters. The summed E-state index contributed by atoms with van der Waals surface area (Å²) in [7, 11) is 0. The molecule has 2 amide bonds. The van der Waals surface area contributed by atoms with Gasteiger partial charge in [-0.3, -0.25) is 9.59 Å². The highest BCUT2D eigenvalue weighted by molar-refractivity contribution is 7.09. The summed E-state index contributed by atoms with van der Waals surface area (Å²) in [6.45, 7) is 4.44. The molecule has 2 heterocycles. The lowest BCUT2D eigenvalue weighted by molar-refractivity contribution is -0.137. The number of nitrogens with zero attached hydrogens (tertiary/aromatic N) is 2. The smallest absolute Gasteiger partial charge is 0.242 e. The lowest BCUT2D eigenvalue weighted by atomic mass is 9.81. The second-order valence-electron chi connectivity index (χ2n) is 7.34. The van der Waals surface area contributed by atoms with E-state index in [1.807, 2.05) is 5.51 Å². The molecule has 25 heavy (non-hydrogen) atoms. The predicted molar refractivity (Wildman–Crippen MR) is 96.4 cm³/mol. The van der Waals surface area contributed by atoms with Crippen LogP contribution in [0.3, 0.4) is 0 Å². The summed E-state index contributed by atoms with van der Waals surface area (Å²) in [6, 6.07) is -0.524. The number of likely N-dealkylation sites (tertiary alicyclic amines) is 1. The Balaban J connectivity index is 1.46. The van der Waals surface area contributed by atoms with Crippen molar-refractivity contribution in [3.63, 3.8) is 0 Å². The molecule has 1 saturated carbocycles. The minimum absolute atomic E-state index is 0.132. The Morgan fingerprint density at radius 2 is 2.08 bits per heavy atom. The fourth-order valence-corrected chi connectivity index (χ4v) is 5.08. The molecule has 1 aromatic rings. The second kappa shape index (κ2) is 7.83. The number of hydrogen-bond acceptors (Lipinski definition) is 5. The Morgan fingerprint density at radius 1 is 1.36 bits per heavy atom. The van der Waals surface area contributed by atoms with Crippen molar-refractivity contribution >= 4 is 23.2 Å². The molecule has 0 spiro atoms. The highest BCUT2D eigenvalue weighted by Gasteiger charge is 2.37. The molecule has 1 aliphatic heterocycles. The van der Waals surface area contributed by atoms with E-state index in [1.54, 1.807) is 11.3 Å². The number of thiazole rings is 1. The fourth-order valence-electron chi connectivity index (χ4n) is 4.10. The fraction of sp³-hybridized carbons (Fsp3) is 0.722. The van der Waals surface area contributed by atoms with Gasteiger partial charge in [0, 0.05) is 31.3 Å². The summed E-state index contributed by atoms with van der Waals surface area (Å²) >= 11 is 1.75. The van der Waals surface area contributed by atoms with E-state index < -0.39 is 12.1 Å². The van der Waals surface area contributed by atoms with E-state index in [4.69, 9.17) is 0 Å². The first-order chi connectivity index (χ1) is 12.0. The second-order valence-corrected chi connectivity index (χ2v) is 8.23. The van der Waals surface area contributed by atoms with E-state index in [9.17, 15) is 14.7 Å². The minimum atomic E-state index is -0.599. The van der Waals surface area contributed by atoms with Gasteiger partial charge in [0.15, 0.2) is 0 Å². The van der Waals surface area contributed by atoms with Gasteiger partial charge in [-0.1, -0.05) is 0 Å². The maximum absolute atomic E-state index is 12.4. The van der Waals surface area contributed by atoms with Crippen LogP contribution in [0.4, 0.5) is 0 Å². The number of carbonyl (C=O) groups is 2. The Bertz CT molecular complexity index is 625. The highest BCUT2D eigenvalue weighted by atomic mass is 32.1. The van der Waals surface area contributed by atoms with E-state index >= 15 is 0 Å². The number of aryl methyl sites for hydroxylation is 1. The molecule has 2 aliphatic rings. The third-order valence-corrected chi connectivity index (χ3v) is 6.64. The van der Waals surface area contributed by atoms with Crippen molar-refractivity contribution in [2.75, 3.05) is 13.1 Å². The lowest BCUT2D eigenvalue weighted by Crippen LogP contribution is -2.46. The van der Waals surface area contributed by atoms with Crippen molar-refractivity contribution < 1.29 is 14.7 Å². The molecular formula is C18H27N3O3S.